The van der Waals surface area contributed by atoms with E-state index in [0.29, 0.717) is 5.52 Å². The van der Waals surface area contributed by atoms with E-state index in [1.165, 1.54) is 16.3 Å². The summed E-state index contributed by atoms with van der Waals surface area (Å²) in [6, 6.07) is 68.7. The van der Waals surface area contributed by atoms with Gasteiger partial charge in [0, 0.05) is 38.5 Å². The van der Waals surface area contributed by atoms with E-state index in [1.54, 1.807) is 12.1 Å². The first-order valence-electron chi connectivity index (χ1n) is 18.9. The molecule has 0 atom stereocenters. The van der Waals surface area contributed by atoms with Crippen molar-refractivity contribution in [3.8, 4) is 27.9 Å². The summed E-state index contributed by atoms with van der Waals surface area (Å²) in [5.74, 6) is -0.261. The topological polar surface area (TPSA) is 21.3 Å². The van der Waals surface area contributed by atoms with Crippen LogP contribution in [0.4, 0.5) is 21.5 Å². The van der Waals surface area contributed by atoms with Gasteiger partial charge in [0.1, 0.15) is 17.0 Å². The van der Waals surface area contributed by atoms with Crippen molar-refractivity contribution in [3.05, 3.63) is 206 Å². The van der Waals surface area contributed by atoms with Gasteiger partial charge in [0.15, 0.2) is 0 Å². The first kappa shape index (κ1) is 32.0. The first-order valence-corrected chi connectivity index (χ1v) is 18.9. The number of hydrogen-bond acceptors (Lipinski definition) is 2. The van der Waals surface area contributed by atoms with Gasteiger partial charge in [-0.15, -0.1) is 0 Å². The van der Waals surface area contributed by atoms with Gasteiger partial charge in [-0.1, -0.05) is 146 Å². The van der Waals surface area contributed by atoms with Crippen LogP contribution in [0.25, 0.3) is 82.5 Å². The molecule has 11 rings (SSSR count). The number of furan rings is 1. The lowest BCUT2D eigenvalue weighted by Crippen LogP contribution is -2.13. The highest BCUT2D eigenvalue weighted by Crippen LogP contribution is 2.44. The van der Waals surface area contributed by atoms with Crippen molar-refractivity contribution in [1.29, 1.82) is 0 Å². The summed E-state index contributed by atoms with van der Waals surface area (Å²) >= 11 is 0. The number of benzene rings is 9. The van der Waals surface area contributed by atoms with E-state index in [4.69, 9.17) is 4.42 Å². The van der Waals surface area contributed by atoms with Crippen LogP contribution in [0.3, 0.4) is 0 Å². The molecule has 0 fully saturated rings. The molecule has 2 heterocycles. The summed E-state index contributed by atoms with van der Waals surface area (Å²) in [4.78, 5) is 2.27. The molecule has 0 aliphatic carbocycles. The fourth-order valence-electron chi connectivity index (χ4n) is 8.53. The van der Waals surface area contributed by atoms with E-state index in [9.17, 15) is 0 Å². The van der Waals surface area contributed by atoms with Crippen LogP contribution >= 0.6 is 0 Å². The van der Waals surface area contributed by atoms with Gasteiger partial charge in [-0.2, -0.15) is 0 Å². The fraction of sp³-hybridized carbons (Fsp3) is 0. The van der Waals surface area contributed by atoms with Crippen LogP contribution in [0.5, 0.6) is 0 Å². The lowest BCUT2D eigenvalue weighted by Gasteiger charge is -2.28. The normalized spacial score (nSPS) is 11.7. The predicted octanol–water partition coefficient (Wildman–Crippen LogP) is 14.8. The molecule has 0 saturated carbocycles. The van der Waals surface area contributed by atoms with Crippen molar-refractivity contribution in [2.75, 3.05) is 4.90 Å². The second-order valence-electron chi connectivity index (χ2n) is 14.2. The molecule has 11 aromatic rings. The summed E-state index contributed by atoms with van der Waals surface area (Å²) in [6.07, 6.45) is 0. The second-order valence-corrected chi connectivity index (χ2v) is 14.2. The van der Waals surface area contributed by atoms with Gasteiger partial charge in [-0.25, -0.2) is 4.39 Å². The van der Waals surface area contributed by atoms with Crippen molar-refractivity contribution < 1.29 is 8.81 Å². The van der Waals surface area contributed by atoms with Crippen LogP contribution in [0.15, 0.2) is 205 Å². The number of nitrogens with zero attached hydrogens (tertiary/aromatic N) is 2. The average molecular weight is 721 g/mol. The molecular formula is C52H33FN2O. The molecule has 0 bridgehead atoms. The Morgan fingerprint density at radius 1 is 0.429 bits per heavy atom. The molecule has 2 aromatic heterocycles. The Balaban J connectivity index is 1.10. The van der Waals surface area contributed by atoms with Gasteiger partial charge < -0.3 is 13.9 Å². The largest absolute Gasteiger partial charge is 0.455 e. The van der Waals surface area contributed by atoms with Gasteiger partial charge in [0.2, 0.25) is 0 Å². The minimum absolute atomic E-state index is 0.261. The van der Waals surface area contributed by atoms with Crippen molar-refractivity contribution in [2.24, 2.45) is 0 Å². The quantitative estimate of drug-likeness (QED) is 0.171. The molecule has 56 heavy (non-hydrogen) atoms. The number of halogens is 1. The van der Waals surface area contributed by atoms with Crippen molar-refractivity contribution in [2.45, 2.75) is 0 Å². The summed E-state index contributed by atoms with van der Waals surface area (Å²) in [5, 5.41) is 6.52. The maximum absolute atomic E-state index is 16.0. The molecule has 0 spiro atoms. The van der Waals surface area contributed by atoms with E-state index in [2.05, 4.69) is 155 Å². The zero-order valence-corrected chi connectivity index (χ0v) is 30.2. The Bertz CT molecular complexity index is 3260. The van der Waals surface area contributed by atoms with Gasteiger partial charge in [0.25, 0.3) is 0 Å². The Morgan fingerprint density at radius 2 is 1.00 bits per heavy atom. The van der Waals surface area contributed by atoms with E-state index >= 15 is 4.39 Å². The van der Waals surface area contributed by atoms with E-state index < -0.39 is 0 Å². The number of anilines is 3. The van der Waals surface area contributed by atoms with E-state index in [-0.39, 0.29) is 5.82 Å². The van der Waals surface area contributed by atoms with Gasteiger partial charge in [-0.3, -0.25) is 0 Å². The molecule has 0 aliphatic rings. The minimum Gasteiger partial charge on any atom is -0.455 e. The van der Waals surface area contributed by atoms with Gasteiger partial charge in [0.05, 0.1) is 22.4 Å². The molecule has 0 radical (unpaired) electrons. The molecule has 4 heteroatoms. The third-order valence-corrected chi connectivity index (χ3v) is 11.1. The van der Waals surface area contributed by atoms with Crippen LogP contribution in [-0.4, -0.2) is 4.57 Å². The second kappa shape index (κ2) is 12.9. The van der Waals surface area contributed by atoms with Crippen LogP contribution in [0, 0.1) is 5.82 Å². The zero-order chi connectivity index (χ0) is 37.2. The summed E-state index contributed by atoms with van der Waals surface area (Å²) in [6.45, 7) is 0. The van der Waals surface area contributed by atoms with E-state index in [1.807, 2.05) is 42.5 Å². The maximum Gasteiger partial charge on any atom is 0.147 e. The lowest BCUT2D eigenvalue weighted by atomic mass is 9.98. The van der Waals surface area contributed by atoms with Crippen molar-refractivity contribution in [1.82, 2.24) is 4.57 Å². The predicted molar refractivity (Wildman–Crippen MR) is 231 cm³/mol. The SMILES string of the molecule is Fc1cccc2c3ccccc3n(-c3ccccc3N(c3ccc(-c4cccc5ccccc45)cc3)c3ccc(-c4cccc5c4oc4ccccc45)cc3)c12. The molecule has 0 saturated heterocycles. The number of aromatic nitrogens is 1. The third kappa shape index (κ3) is 5.04. The van der Waals surface area contributed by atoms with Crippen LogP contribution < -0.4 is 4.90 Å². The smallest absolute Gasteiger partial charge is 0.147 e. The number of hydrogen-bond donors (Lipinski definition) is 0. The summed E-state index contributed by atoms with van der Waals surface area (Å²) in [5.41, 5.74) is 11.4. The highest BCUT2D eigenvalue weighted by molar-refractivity contribution is 6.11. The minimum atomic E-state index is -0.261. The fourth-order valence-corrected chi connectivity index (χ4v) is 8.53. The number of rotatable bonds is 6. The Hall–Kier alpha value is -7.43. The monoisotopic (exact) mass is 720 g/mol. The summed E-state index contributed by atoms with van der Waals surface area (Å²) < 4.78 is 24.5. The Kier molecular flexibility index (Phi) is 7.36. The van der Waals surface area contributed by atoms with E-state index in [0.717, 1.165) is 77.7 Å². The molecule has 0 N–H and O–H groups in total. The molecule has 9 aromatic carbocycles. The number of para-hydroxylation sites is 6. The maximum atomic E-state index is 16.0. The molecule has 3 nitrogen and oxygen atoms in total. The van der Waals surface area contributed by atoms with Crippen LogP contribution in [0.2, 0.25) is 0 Å². The average Bonchev–Trinajstić information content (AvgIpc) is 3.81. The van der Waals surface area contributed by atoms with Crippen molar-refractivity contribution >= 4 is 71.6 Å². The molecule has 0 unspecified atom stereocenters. The van der Waals surface area contributed by atoms with Crippen LogP contribution in [0.1, 0.15) is 0 Å². The van der Waals surface area contributed by atoms with Gasteiger partial charge in [-0.05, 0) is 82.1 Å². The lowest BCUT2D eigenvalue weighted by molar-refractivity contribution is 0.635. The third-order valence-electron chi connectivity index (χ3n) is 11.1. The molecule has 264 valence electrons. The van der Waals surface area contributed by atoms with Gasteiger partial charge >= 0.3 is 0 Å². The summed E-state index contributed by atoms with van der Waals surface area (Å²) in [7, 11) is 0. The first-order chi connectivity index (χ1) is 27.7. The highest BCUT2D eigenvalue weighted by atomic mass is 19.1. The zero-order valence-electron chi connectivity index (χ0n) is 30.2. The molecule has 0 amide bonds. The standard InChI is InChI=1S/C52H33FN2O/c53-46-21-11-19-44-42-15-3-5-22-47(42)55(51(44)46)49-24-7-6-23-48(49)54(37-30-26-35(27-31-37)40-17-9-13-34-12-1-2-14-39(34)40)38-32-28-36(29-33-38)41-18-10-20-45-43-16-4-8-25-50(43)56-52(41)45/h1-33H. The number of fused-ring (bicyclic) bond motifs is 7. The molecular weight excluding hydrogens is 688 g/mol. The molecule has 0 aliphatic heterocycles. The van der Waals surface area contributed by atoms with Crippen molar-refractivity contribution in [3.63, 3.8) is 0 Å². The highest BCUT2D eigenvalue weighted by Gasteiger charge is 2.22. The Labute approximate surface area is 322 Å². The Morgan fingerprint density at radius 3 is 1.82 bits per heavy atom. The van der Waals surface area contributed by atoms with Crippen LogP contribution in [-0.2, 0) is 0 Å².